The van der Waals surface area contributed by atoms with E-state index in [2.05, 4.69) is 6.92 Å². The van der Waals surface area contributed by atoms with Crippen molar-refractivity contribution in [2.75, 3.05) is 6.61 Å². The van der Waals surface area contributed by atoms with Crippen LogP contribution in [0.1, 0.15) is 76.7 Å². The van der Waals surface area contributed by atoms with Gasteiger partial charge in [-0.3, -0.25) is 9.59 Å². The maximum absolute atomic E-state index is 13.5. The van der Waals surface area contributed by atoms with E-state index in [0.717, 1.165) is 47.9 Å². The molecule has 1 unspecified atom stereocenters. The van der Waals surface area contributed by atoms with Gasteiger partial charge in [-0.15, -0.1) is 0 Å². The van der Waals surface area contributed by atoms with E-state index in [1.54, 1.807) is 0 Å². The zero-order valence-corrected chi connectivity index (χ0v) is 17.8. The second-order valence-corrected chi connectivity index (χ2v) is 7.57. The lowest BCUT2D eigenvalue weighted by Gasteiger charge is -2.20. The molecule has 0 fully saturated rings. The van der Waals surface area contributed by atoms with E-state index in [1.165, 1.54) is 0 Å². The summed E-state index contributed by atoms with van der Waals surface area (Å²) in [5, 5.41) is 0. The first-order chi connectivity index (χ1) is 13.4. The molecule has 0 amide bonds. The fourth-order valence-corrected chi connectivity index (χ4v) is 3.63. The molecule has 0 aliphatic heterocycles. The highest BCUT2D eigenvalue weighted by molar-refractivity contribution is 6.14. The Morgan fingerprint density at radius 3 is 2.21 bits per heavy atom. The van der Waals surface area contributed by atoms with Crippen molar-refractivity contribution in [2.45, 2.75) is 66.2 Å². The lowest BCUT2D eigenvalue weighted by molar-refractivity contribution is -0.144. The molecule has 0 saturated heterocycles. The predicted octanol–water partition coefficient (Wildman–Crippen LogP) is 6.01. The van der Waals surface area contributed by atoms with Crippen molar-refractivity contribution < 1.29 is 14.3 Å². The summed E-state index contributed by atoms with van der Waals surface area (Å²) in [4.78, 5) is 26.4. The maximum Gasteiger partial charge on any atom is 0.321 e. The van der Waals surface area contributed by atoms with E-state index in [1.807, 2.05) is 64.1 Å². The van der Waals surface area contributed by atoms with Crippen LogP contribution in [0.15, 0.2) is 36.4 Å². The number of hydrogen-bond acceptors (Lipinski definition) is 3. The van der Waals surface area contributed by atoms with Crippen LogP contribution in [0.5, 0.6) is 0 Å². The molecule has 0 aromatic heterocycles. The Balaban J connectivity index is 2.34. The molecule has 0 spiro atoms. The Morgan fingerprint density at radius 2 is 1.57 bits per heavy atom. The molecule has 28 heavy (non-hydrogen) atoms. The van der Waals surface area contributed by atoms with E-state index < -0.39 is 11.9 Å². The Morgan fingerprint density at radius 1 is 0.893 bits per heavy atom. The molecule has 0 aliphatic rings. The minimum atomic E-state index is -0.924. The van der Waals surface area contributed by atoms with Crippen molar-refractivity contribution in [1.29, 1.82) is 0 Å². The van der Waals surface area contributed by atoms with Gasteiger partial charge in [0.1, 0.15) is 5.92 Å². The quantitative estimate of drug-likeness (QED) is 0.231. The van der Waals surface area contributed by atoms with Gasteiger partial charge in [-0.25, -0.2) is 0 Å². The second kappa shape index (κ2) is 10.2. The van der Waals surface area contributed by atoms with Crippen molar-refractivity contribution in [3.63, 3.8) is 0 Å². The third-order valence-corrected chi connectivity index (χ3v) is 5.48. The first-order valence-electron chi connectivity index (χ1n) is 10.2. The molecule has 1 atom stereocenters. The summed E-state index contributed by atoms with van der Waals surface area (Å²) in [7, 11) is 0. The third kappa shape index (κ3) is 5.09. The lowest BCUT2D eigenvalue weighted by Crippen LogP contribution is -2.26. The molecule has 0 heterocycles. The lowest BCUT2D eigenvalue weighted by atomic mass is 9.84. The molecular weight excluding hydrogens is 348 g/mol. The fraction of sp³-hybridized carbons (Fsp3) is 0.440. The van der Waals surface area contributed by atoms with Crippen molar-refractivity contribution in [1.82, 2.24) is 0 Å². The van der Waals surface area contributed by atoms with Crippen LogP contribution in [0.3, 0.4) is 0 Å². The maximum atomic E-state index is 13.5. The highest BCUT2D eigenvalue weighted by Gasteiger charge is 2.33. The second-order valence-electron chi connectivity index (χ2n) is 7.57. The van der Waals surface area contributed by atoms with Gasteiger partial charge in [0.25, 0.3) is 0 Å². The third-order valence-electron chi connectivity index (χ3n) is 5.48. The van der Waals surface area contributed by atoms with Crippen molar-refractivity contribution >= 4 is 11.8 Å². The molecule has 0 radical (unpaired) electrons. The number of esters is 1. The Labute approximate surface area is 169 Å². The largest absolute Gasteiger partial charge is 0.465 e. The minimum Gasteiger partial charge on any atom is -0.465 e. The standard InChI is InChI=1S/C25H32O3/c1-6-7-8-12-15-28-25(27)23(21-13-10-9-11-14-21)24(26)22-18(3)16-17(2)19(4)20(22)5/h9-11,13-14,16,23H,6-8,12,15H2,1-5H3. The topological polar surface area (TPSA) is 43.4 Å². The van der Waals surface area contributed by atoms with E-state index in [9.17, 15) is 9.59 Å². The van der Waals surface area contributed by atoms with Gasteiger partial charge in [0.15, 0.2) is 5.78 Å². The van der Waals surface area contributed by atoms with Crippen molar-refractivity contribution in [3.8, 4) is 0 Å². The highest BCUT2D eigenvalue weighted by atomic mass is 16.5. The number of carbonyl (C=O) groups excluding carboxylic acids is 2. The smallest absolute Gasteiger partial charge is 0.321 e. The molecule has 150 valence electrons. The van der Waals surface area contributed by atoms with Crippen LogP contribution >= 0.6 is 0 Å². The number of ether oxygens (including phenoxy) is 1. The number of Topliss-reactive ketones (excluding diaryl/α,β-unsaturated/α-hetero) is 1. The van der Waals surface area contributed by atoms with Gasteiger partial charge in [-0.05, 0) is 61.9 Å². The number of rotatable bonds is 9. The van der Waals surface area contributed by atoms with Crippen LogP contribution in [0, 0.1) is 27.7 Å². The number of aryl methyl sites for hydroxylation is 2. The Kier molecular flexibility index (Phi) is 7.98. The predicted molar refractivity (Wildman–Crippen MR) is 114 cm³/mol. The van der Waals surface area contributed by atoms with E-state index in [4.69, 9.17) is 4.74 Å². The monoisotopic (exact) mass is 380 g/mol. The van der Waals surface area contributed by atoms with Gasteiger partial charge < -0.3 is 4.74 Å². The van der Waals surface area contributed by atoms with E-state index in [-0.39, 0.29) is 5.78 Å². The summed E-state index contributed by atoms with van der Waals surface area (Å²) in [6, 6.07) is 11.3. The van der Waals surface area contributed by atoms with Gasteiger partial charge >= 0.3 is 5.97 Å². The Bertz CT molecular complexity index is 821. The average Bonchev–Trinajstić information content (AvgIpc) is 2.67. The van der Waals surface area contributed by atoms with Crippen LogP contribution in [-0.2, 0) is 9.53 Å². The average molecular weight is 381 g/mol. The fourth-order valence-electron chi connectivity index (χ4n) is 3.63. The number of unbranched alkanes of at least 4 members (excludes halogenated alkanes) is 3. The molecule has 0 N–H and O–H groups in total. The van der Waals surface area contributed by atoms with E-state index in [0.29, 0.717) is 17.7 Å². The summed E-state index contributed by atoms with van der Waals surface area (Å²) in [6.45, 7) is 10.5. The minimum absolute atomic E-state index is 0.178. The van der Waals surface area contributed by atoms with Crippen LogP contribution in [-0.4, -0.2) is 18.4 Å². The molecule has 0 bridgehead atoms. The van der Waals surface area contributed by atoms with Crippen LogP contribution in [0.4, 0.5) is 0 Å². The molecular formula is C25H32O3. The van der Waals surface area contributed by atoms with E-state index >= 15 is 0 Å². The summed E-state index contributed by atoms with van der Waals surface area (Å²) in [6.07, 6.45) is 4.12. The summed E-state index contributed by atoms with van der Waals surface area (Å²) in [5.41, 5.74) is 5.42. The Hall–Kier alpha value is -2.42. The molecule has 0 aliphatic carbocycles. The highest BCUT2D eigenvalue weighted by Crippen LogP contribution is 2.29. The first kappa shape index (κ1) is 21.9. The van der Waals surface area contributed by atoms with Crippen LogP contribution < -0.4 is 0 Å². The van der Waals surface area contributed by atoms with Gasteiger partial charge in [0.05, 0.1) is 6.61 Å². The number of benzene rings is 2. The number of ketones is 1. The van der Waals surface area contributed by atoms with Crippen LogP contribution in [0.25, 0.3) is 0 Å². The zero-order valence-electron chi connectivity index (χ0n) is 17.8. The molecule has 2 rings (SSSR count). The molecule has 0 saturated carbocycles. The van der Waals surface area contributed by atoms with Crippen molar-refractivity contribution in [2.24, 2.45) is 0 Å². The first-order valence-corrected chi connectivity index (χ1v) is 10.2. The molecule has 2 aromatic carbocycles. The normalized spacial score (nSPS) is 11.9. The molecule has 2 aromatic rings. The number of carbonyl (C=O) groups is 2. The SMILES string of the molecule is CCCCCCOC(=O)C(C(=O)c1c(C)cc(C)c(C)c1C)c1ccccc1. The molecule has 3 heteroatoms. The summed E-state index contributed by atoms with van der Waals surface area (Å²) in [5.74, 6) is -1.56. The van der Waals surface area contributed by atoms with Crippen LogP contribution in [0.2, 0.25) is 0 Å². The van der Waals surface area contributed by atoms with Gasteiger partial charge in [0, 0.05) is 5.56 Å². The van der Waals surface area contributed by atoms with Gasteiger partial charge in [0.2, 0.25) is 0 Å². The van der Waals surface area contributed by atoms with Gasteiger partial charge in [-0.2, -0.15) is 0 Å². The molecule has 3 nitrogen and oxygen atoms in total. The van der Waals surface area contributed by atoms with Gasteiger partial charge in [-0.1, -0.05) is 62.6 Å². The zero-order chi connectivity index (χ0) is 20.7. The summed E-state index contributed by atoms with van der Waals surface area (Å²) >= 11 is 0. The van der Waals surface area contributed by atoms with Crippen molar-refractivity contribution in [3.05, 3.63) is 69.8 Å². The number of hydrogen-bond donors (Lipinski definition) is 0. The summed E-state index contributed by atoms with van der Waals surface area (Å²) < 4.78 is 5.52.